The molecule has 0 spiro atoms. The van der Waals surface area contributed by atoms with Crippen LogP contribution in [-0.2, 0) is 40.5 Å². The normalized spacial score (nSPS) is 10.5. The molecule has 4 heteroatoms. The molecule has 2 nitrogen and oxygen atoms in total. The van der Waals surface area contributed by atoms with Crippen LogP contribution in [0.25, 0.3) is 65.6 Å². The Hall–Kier alpha value is -4.03. The van der Waals surface area contributed by atoms with Crippen molar-refractivity contribution in [2.24, 2.45) is 0 Å². The van der Waals surface area contributed by atoms with E-state index in [1.54, 1.807) is 0 Å². The molecule has 0 fully saturated rings. The van der Waals surface area contributed by atoms with Crippen molar-refractivity contribution in [3.63, 3.8) is 0 Å². The molecule has 2 heterocycles. The first kappa shape index (κ1) is 29.5. The third kappa shape index (κ3) is 5.95. The Bertz CT molecular complexity index is 2110. The summed E-state index contributed by atoms with van der Waals surface area (Å²) in [6.45, 7) is 0. The van der Waals surface area contributed by atoms with Crippen molar-refractivity contribution in [1.82, 2.24) is 9.97 Å². The molecule has 0 bridgehead atoms. The molecule has 6 aromatic carbocycles. The molecule has 2 aromatic heterocycles. The second kappa shape index (κ2) is 13.3. The Labute approximate surface area is 272 Å². The summed E-state index contributed by atoms with van der Waals surface area (Å²) >= 11 is 0. The van der Waals surface area contributed by atoms with Gasteiger partial charge >= 0.3 is 0 Å². The van der Waals surface area contributed by atoms with Crippen LogP contribution in [0, 0.1) is 12.1 Å². The Morgan fingerprint density at radius 3 is 1.52 bits per heavy atom. The fourth-order valence-electron chi connectivity index (χ4n) is 5.20. The Morgan fingerprint density at radius 1 is 0.405 bits per heavy atom. The summed E-state index contributed by atoms with van der Waals surface area (Å²) in [5.74, 6) is 0. The van der Waals surface area contributed by atoms with Gasteiger partial charge in [-0.15, -0.1) is 71.8 Å². The number of aromatic nitrogens is 2. The number of hydrogen-bond acceptors (Lipinski definition) is 2. The van der Waals surface area contributed by atoms with Crippen LogP contribution in [-0.4, -0.2) is 9.97 Å². The Balaban J connectivity index is 0.000000160. The van der Waals surface area contributed by atoms with Crippen molar-refractivity contribution in [2.75, 3.05) is 0 Å². The SMILES string of the molecule is [Pt].[Rh].[c-]1ccccc1-c1cc2c(ccc3ccccc32)cn1.[c-]1ccccc1-c1cc2ccc3ccccc3c2cn1. The molecule has 0 saturated carbocycles. The first-order chi connectivity index (χ1) is 19.8. The molecule has 0 N–H and O–H groups in total. The molecule has 0 aliphatic rings. The third-order valence-corrected chi connectivity index (χ3v) is 7.23. The zero-order chi connectivity index (χ0) is 26.7. The minimum atomic E-state index is 0. The molecular formula is C38H24N2PtRh-2. The first-order valence-electron chi connectivity index (χ1n) is 13.3. The maximum absolute atomic E-state index is 4.60. The summed E-state index contributed by atoms with van der Waals surface area (Å²) in [7, 11) is 0. The van der Waals surface area contributed by atoms with Gasteiger partial charge in [-0.25, -0.2) is 0 Å². The van der Waals surface area contributed by atoms with E-state index in [2.05, 4.69) is 107 Å². The van der Waals surface area contributed by atoms with Gasteiger partial charge in [0.1, 0.15) is 0 Å². The predicted molar refractivity (Wildman–Crippen MR) is 167 cm³/mol. The molecule has 8 rings (SSSR count). The molecule has 0 atom stereocenters. The zero-order valence-electron chi connectivity index (χ0n) is 22.4. The summed E-state index contributed by atoms with van der Waals surface area (Å²) in [6, 6.07) is 52.1. The number of pyridine rings is 2. The van der Waals surface area contributed by atoms with E-state index in [4.69, 9.17) is 0 Å². The van der Waals surface area contributed by atoms with Crippen molar-refractivity contribution in [3.05, 3.63) is 158 Å². The summed E-state index contributed by atoms with van der Waals surface area (Å²) in [6.07, 6.45) is 3.91. The molecule has 1 radical (unpaired) electrons. The van der Waals surface area contributed by atoms with Crippen molar-refractivity contribution >= 4 is 43.1 Å². The maximum Gasteiger partial charge on any atom is 0.0245 e. The second-order valence-corrected chi connectivity index (χ2v) is 9.71. The zero-order valence-corrected chi connectivity index (χ0v) is 26.3. The van der Waals surface area contributed by atoms with Crippen LogP contribution in [0.15, 0.2) is 146 Å². The van der Waals surface area contributed by atoms with Gasteiger partial charge in [-0.1, -0.05) is 84.9 Å². The van der Waals surface area contributed by atoms with Gasteiger partial charge in [0.15, 0.2) is 0 Å². The average molecular weight is 807 g/mol. The van der Waals surface area contributed by atoms with Gasteiger partial charge in [0.25, 0.3) is 0 Å². The van der Waals surface area contributed by atoms with Gasteiger partial charge in [-0.2, -0.15) is 0 Å². The van der Waals surface area contributed by atoms with Crippen LogP contribution < -0.4 is 0 Å². The minimum absolute atomic E-state index is 0. The number of fused-ring (bicyclic) bond motifs is 6. The van der Waals surface area contributed by atoms with Crippen LogP contribution in [0.4, 0.5) is 0 Å². The van der Waals surface area contributed by atoms with Crippen molar-refractivity contribution in [3.8, 4) is 22.5 Å². The number of hydrogen-bond donors (Lipinski definition) is 0. The summed E-state index contributed by atoms with van der Waals surface area (Å²) in [5.41, 5.74) is 3.99. The quantitative estimate of drug-likeness (QED) is 0.0989. The maximum atomic E-state index is 4.60. The molecule has 0 amide bonds. The molecule has 0 aliphatic carbocycles. The van der Waals surface area contributed by atoms with Crippen molar-refractivity contribution in [2.45, 2.75) is 0 Å². The Morgan fingerprint density at radius 2 is 0.905 bits per heavy atom. The van der Waals surface area contributed by atoms with Crippen LogP contribution in [0.1, 0.15) is 0 Å². The second-order valence-electron chi connectivity index (χ2n) is 9.71. The van der Waals surface area contributed by atoms with Crippen LogP contribution in [0.2, 0.25) is 0 Å². The fourth-order valence-corrected chi connectivity index (χ4v) is 5.20. The van der Waals surface area contributed by atoms with Crippen molar-refractivity contribution in [1.29, 1.82) is 0 Å². The summed E-state index contributed by atoms with van der Waals surface area (Å²) < 4.78 is 0. The van der Waals surface area contributed by atoms with Gasteiger partial charge in [0.05, 0.1) is 0 Å². The minimum Gasteiger partial charge on any atom is -0.304 e. The van der Waals surface area contributed by atoms with E-state index in [0.717, 1.165) is 22.5 Å². The molecule has 207 valence electrons. The van der Waals surface area contributed by atoms with Gasteiger partial charge in [-0.05, 0) is 49.1 Å². The summed E-state index contributed by atoms with van der Waals surface area (Å²) in [4.78, 5) is 9.15. The number of nitrogens with zero attached hydrogens (tertiary/aromatic N) is 2. The van der Waals surface area contributed by atoms with Gasteiger partial charge in [-0.3, -0.25) is 0 Å². The van der Waals surface area contributed by atoms with E-state index in [1.807, 2.05) is 60.9 Å². The molecule has 0 saturated heterocycles. The average Bonchev–Trinajstić information content (AvgIpc) is 3.05. The first-order valence-corrected chi connectivity index (χ1v) is 13.3. The van der Waals surface area contributed by atoms with E-state index in [-0.39, 0.29) is 40.5 Å². The van der Waals surface area contributed by atoms with E-state index in [1.165, 1.54) is 43.1 Å². The van der Waals surface area contributed by atoms with Gasteiger partial charge < -0.3 is 9.97 Å². The van der Waals surface area contributed by atoms with Gasteiger partial charge in [0, 0.05) is 58.3 Å². The number of benzene rings is 6. The molecule has 0 aliphatic heterocycles. The van der Waals surface area contributed by atoms with E-state index >= 15 is 0 Å². The molecular weight excluding hydrogens is 782 g/mol. The predicted octanol–water partition coefficient (Wildman–Crippen LogP) is 9.71. The van der Waals surface area contributed by atoms with Crippen LogP contribution in [0.3, 0.4) is 0 Å². The largest absolute Gasteiger partial charge is 0.304 e. The monoisotopic (exact) mass is 806 g/mol. The Kier molecular flexibility index (Phi) is 9.33. The molecule has 0 unspecified atom stereocenters. The topological polar surface area (TPSA) is 25.8 Å². The molecule has 8 aromatic rings. The molecule has 42 heavy (non-hydrogen) atoms. The van der Waals surface area contributed by atoms with Crippen LogP contribution in [0.5, 0.6) is 0 Å². The van der Waals surface area contributed by atoms with E-state index in [0.29, 0.717) is 0 Å². The smallest absolute Gasteiger partial charge is 0.0245 e. The van der Waals surface area contributed by atoms with Crippen molar-refractivity contribution < 1.29 is 40.5 Å². The van der Waals surface area contributed by atoms with Crippen LogP contribution >= 0.6 is 0 Å². The standard InChI is InChI=1S/2C19H12N.Pt.Rh/c1-2-7-15(8-3-1)19-12-18-16(13-20-19)11-10-14-6-4-5-9-17(14)18;1-2-7-15(8-3-1)19-12-16-11-10-14-6-4-5-9-17(14)18(16)13-20-19;;/h2*1-7,9-13H;;/q2*-1;;. The third-order valence-electron chi connectivity index (χ3n) is 7.23. The van der Waals surface area contributed by atoms with E-state index in [9.17, 15) is 0 Å². The van der Waals surface area contributed by atoms with Gasteiger partial charge in [0.2, 0.25) is 0 Å². The van der Waals surface area contributed by atoms with E-state index < -0.39 is 0 Å². The number of rotatable bonds is 2. The summed E-state index contributed by atoms with van der Waals surface area (Å²) in [5, 5.41) is 9.85. The fraction of sp³-hybridized carbons (Fsp3) is 0.